The maximum absolute atomic E-state index is 6.66. The molecular formula is C18H24Cl4NTi-2. The maximum Gasteiger partial charge on any atom is -1.00 e. The fourth-order valence-electron chi connectivity index (χ4n) is 3.02. The first-order valence-electron chi connectivity index (χ1n) is 7.49. The van der Waals surface area contributed by atoms with Gasteiger partial charge in [-0.25, -0.2) is 0 Å². The van der Waals surface area contributed by atoms with Gasteiger partial charge >= 0.3 is 146 Å². The van der Waals surface area contributed by atoms with Crippen LogP contribution in [0.4, 0.5) is 0 Å². The number of hydrogen-bond donors (Lipinski definition) is 0. The second-order valence-corrected chi connectivity index (χ2v) is 8.09. The minimum atomic E-state index is -0.0883. The zero-order valence-corrected chi connectivity index (χ0v) is 19.6. The van der Waals surface area contributed by atoms with Gasteiger partial charge in [-0.3, -0.25) is 0 Å². The van der Waals surface area contributed by atoms with Crippen LogP contribution in [-0.4, -0.2) is 15.3 Å². The van der Waals surface area contributed by atoms with E-state index in [1.54, 1.807) is 0 Å². The van der Waals surface area contributed by atoms with Gasteiger partial charge in [0.15, 0.2) is 0 Å². The Kier molecular flexibility index (Phi) is 11.1. The number of allylic oxidation sites excluding steroid dienone is 8. The van der Waals surface area contributed by atoms with E-state index in [0.717, 1.165) is 6.42 Å². The predicted octanol–water partition coefficient (Wildman–Crippen LogP) is -3.92. The molecule has 0 saturated heterocycles. The summed E-state index contributed by atoms with van der Waals surface area (Å²) < 4.78 is 3.40. The van der Waals surface area contributed by atoms with Crippen molar-refractivity contribution in [2.45, 2.75) is 53.5 Å². The molecule has 0 aliphatic heterocycles. The molecule has 1 atom stereocenters. The van der Waals surface area contributed by atoms with E-state index < -0.39 is 0 Å². The van der Waals surface area contributed by atoms with Gasteiger partial charge in [-0.05, 0) is 0 Å². The first-order valence-corrected chi connectivity index (χ1v) is 8.61. The quantitative estimate of drug-likeness (QED) is 0.288. The molecule has 0 radical (unpaired) electrons. The Bertz CT molecular complexity index is 634. The summed E-state index contributed by atoms with van der Waals surface area (Å²) in [6.45, 7) is 13.2. The standard InChI is InChI=1S/C18H24ClN.3ClH.Ti/c1-12-11-13(2)17(14(12)3)15-9-7-8-10-16(15)20(19)18(4,5)6;;;;/h7-9,13H,10H2,1-6H3;3*1H;/q+1;;;;/p-3. The summed E-state index contributed by atoms with van der Waals surface area (Å²) in [4.78, 5) is 0. The van der Waals surface area contributed by atoms with Gasteiger partial charge < -0.3 is 37.2 Å². The molecule has 0 heterocycles. The fourth-order valence-corrected chi connectivity index (χ4v) is 3.70. The third-order valence-electron chi connectivity index (χ3n) is 4.37. The predicted molar refractivity (Wildman–Crippen MR) is 87.3 cm³/mol. The monoisotopic (exact) mass is 442 g/mol. The van der Waals surface area contributed by atoms with E-state index in [0.29, 0.717) is 5.92 Å². The van der Waals surface area contributed by atoms with Crippen molar-refractivity contribution in [3.8, 4) is 0 Å². The molecule has 1 unspecified atom stereocenters. The summed E-state index contributed by atoms with van der Waals surface area (Å²) in [5.41, 5.74) is 6.73. The smallest absolute Gasteiger partial charge is 1.00 e. The number of halogens is 4. The molecular weight excluding hydrogens is 420 g/mol. The van der Waals surface area contributed by atoms with Crippen molar-refractivity contribution in [2.24, 2.45) is 5.92 Å². The van der Waals surface area contributed by atoms with Crippen molar-refractivity contribution >= 4 is 17.5 Å². The average molecular weight is 444 g/mol. The summed E-state index contributed by atoms with van der Waals surface area (Å²) in [6, 6.07) is 0. The van der Waals surface area contributed by atoms with E-state index in [1.165, 1.54) is 31.9 Å². The fraction of sp³-hybridized carbons (Fsp3) is 0.500. The van der Waals surface area contributed by atoms with Crippen LogP contribution in [0.5, 0.6) is 0 Å². The van der Waals surface area contributed by atoms with Crippen LogP contribution in [0.15, 0.2) is 44.4 Å². The minimum absolute atomic E-state index is 0. The zero-order valence-electron chi connectivity index (χ0n) is 15.0. The van der Waals surface area contributed by atoms with Gasteiger partial charge in [0.05, 0.1) is 0 Å². The number of rotatable bonds is 1. The van der Waals surface area contributed by atoms with Crippen molar-refractivity contribution in [1.82, 2.24) is 0 Å². The Hall–Kier alpha value is 0.504. The van der Waals surface area contributed by atoms with Gasteiger partial charge in [-0.2, -0.15) is 0 Å². The van der Waals surface area contributed by atoms with E-state index >= 15 is 0 Å². The van der Waals surface area contributed by atoms with Crippen LogP contribution in [0.2, 0.25) is 0 Å². The zero-order chi connectivity index (χ0) is 15.9. The van der Waals surface area contributed by atoms with E-state index in [-0.39, 0.29) is 42.8 Å². The average Bonchev–Trinajstić information content (AvgIpc) is 2.61. The Morgan fingerprint density at radius 2 is 1.67 bits per heavy atom. The van der Waals surface area contributed by atoms with Gasteiger partial charge in [-0.15, -0.1) is 0 Å². The first kappa shape index (κ1) is 26.7. The third kappa shape index (κ3) is 5.03. The largest absolute Gasteiger partial charge is 1.00 e. The second-order valence-electron chi connectivity index (χ2n) is 6.91. The molecule has 0 saturated carbocycles. The SMILES string of the molecule is CC1=[C]([Ti])C(C)C(C2=CC=CCC2=[N+](Cl)C(C)(C)C)=C1C.[Cl-].[Cl-].[Cl-]. The molecule has 0 aromatic rings. The van der Waals surface area contributed by atoms with Crippen molar-refractivity contribution in [3.05, 3.63) is 44.4 Å². The molecule has 2 aliphatic rings. The van der Waals surface area contributed by atoms with Crippen LogP contribution in [0.3, 0.4) is 0 Å². The van der Waals surface area contributed by atoms with E-state index in [9.17, 15) is 0 Å². The third-order valence-corrected chi connectivity index (χ3v) is 6.35. The summed E-state index contributed by atoms with van der Waals surface area (Å²) in [6.07, 6.45) is 7.46. The summed E-state index contributed by atoms with van der Waals surface area (Å²) in [5.74, 6) is 0.475. The van der Waals surface area contributed by atoms with Crippen LogP contribution < -0.4 is 37.2 Å². The van der Waals surface area contributed by atoms with Crippen molar-refractivity contribution < 1.29 is 61.8 Å². The molecule has 135 valence electrons. The Balaban J connectivity index is 0. The molecule has 1 nitrogen and oxygen atoms in total. The topological polar surface area (TPSA) is 3.01 Å². The molecule has 0 N–H and O–H groups in total. The number of hydrogen-bond acceptors (Lipinski definition) is 0. The molecule has 0 amide bonds. The molecule has 0 spiro atoms. The van der Waals surface area contributed by atoms with Gasteiger partial charge in [-0.1, -0.05) is 0 Å². The van der Waals surface area contributed by atoms with Crippen molar-refractivity contribution in [3.63, 3.8) is 0 Å². The van der Waals surface area contributed by atoms with Gasteiger partial charge in [0.25, 0.3) is 0 Å². The summed E-state index contributed by atoms with van der Waals surface area (Å²) >= 11 is 8.91. The Morgan fingerprint density at radius 1 is 1.12 bits per heavy atom. The molecule has 0 aromatic carbocycles. The normalized spacial score (nSPS) is 22.4. The van der Waals surface area contributed by atoms with Gasteiger partial charge in [0.2, 0.25) is 0 Å². The van der Waals surface area contributed by atoms with Crippen molar-refractivity contribution in [1.29, 1.82) is 0 Å². The van der Waals surface area contributed by atoms with Crippen LogP contribution in [0.25, 0.3) is 0 Å². The van der Waals surface area contributed by atoms with E-state index in [2.05, 4.69) is 80.2 Å². The first-order chi connectivity index (χ1) is 9.66. The van der Waals surface area contributed by atoms with Crippen LogP contribution in [-0.2, 0) is 20.4 Å². The van der Waals surface area contributed by atoms with Crippen LogP contribution in [0.1, 0.15) is 48.0 Å². The molecule has 24 heavy (non-hydrogen) atoms. The van der Waals surface area contributed by atoms with E-state index in [4.69, 9.17) is 11.8 Å². The second kappa shape index (κ2) is 10.00. The molecule has 0 fully saturated rings. The number of nitrogens with zero attached hydrogens (tertiary/aromatic N) is 1. The molecule has 6 heteroatoms. The van der Waals surface area contributed by atoms with Crippen LogP contribution >= 0.6 is 11.8 Å². The van der Waals surface area contributed by atoms with Gasteiger partial charge in [0, 0.05) is 0 Å². The molecule has 2 rings (SSSR count). The summed E-state index contributed by atoms with van der Waals surface area (Å²) in [7, 11) is 0. The molecule has 0 bridgehead atoms. The maximum atomic E-state index is 6.66. The summed E-state index contributed by atoms with van der Waals surface area (Å²) in [5, 5.41) is 0. The van der Waals surface area contributed by atoms with E-state index in [1.807, 2.05) is 4.09 Å². The van der Waals surface area contributed by atoms with Gasteiger partial charge in [0.1, 0.15) is 0 Å². The minimum Gasteiger partial charge on any atom is -1.00 e. The molecule has 2 aliphatic carbocycles. The molecule has 0 aromatic heterocycles. The Labute approximate surface area is 182 Å². The van der Waals surface area contributed by atoms with Crippen LogP contribution in [0, 0.1) is 5.92 Å². The van der Waals surface area contributed by atoms with Crippen molar-refractivity contribution in [2.75, 3.05) is 0 Å². The Morgan fingerprint density at radius 3 is 2.08 bits per heavy atom.